The number of rotatable bonds is 33. The van der Waals surface area contributed by atoms with E-state index >= 15 is 0 Å². The Kier molecular flexibility index (Phi) is 30.7. The number of hydrogen-bond donors (Lipinski definition) is 0. The summed E-state index contributed by atoms with van der Waals surface area (Å²) in [5.41, 5.74) is 0. The SMILES string of the molecule is C=C(CCCCCCCCCOC(=O)C=CC(=O)OCCCCCCCCCCC[Si](OCC)(OCC)OCC)[SiH2]OCC. The van der Waals surface area contributed by atoms with Gasteiger partial charge in [-0.25, -0.2) is 9.59 Å². The lowest BCUT2D eigenvalue weighted by Crippen LogP contribution is -2.45. The zero-order chi connectivity index (χ0) is 32.6. The Hall–Kier alpha value is -1.31. The van der Waals surface area contributed by atoms with Crippen LogP contribution in [-0.2, 0) is 36.8 Å². The van der Waals surface area contributed by atoms with Crippen LogP contribution in [0.25, 0.3) is 0 Å². The lowest BCUT2D eigenvalue weighted by Gasteiger charge is -2.28. The molecule has 0 rings (SSSR count). The van der Waals surface area contributed by atoms with E-state index in [9.17, 15) is 9.59 Å². The van der Waals surface area contributed by atoms with Crippen LogP contribution in [0.2, 0.25) is 6.04 Å². The van der Waals surface area contributed by atoms with Crippen LogP contribution in [-0.4, -0.2) is 70.1 Å². The van der Waals surface area contributed by atoms with Crippen LogP contribution in [0.15, 0.2) is 23.9 Å². The average Bonchev–Trinajstić information content (AvgIpc) is 3.00. The van der Waals surface area contributed by atoms with E-state index in [-0.39, 0.29) is 0 Å². The second-order valence-corrected chi connectivity index (χ2v) is 15.6. The molecule has 0 N–H and O–H groups in total. The van der Waals surface area contributed by atoms with Crippen LogP contribution < -0.4 is 0 Å². The minimum Gasteiger partial charge on any atom is -0.463 e. The average molecular weight is 659 g/mol. The molecule has 10 heteroatoms. The minimum absolute atomic E-state index is 0.382. The number of esters is 2. The van der Waals surface area contributed by atoms with Gasteiger partial charge < -0.3 is 27.2 Å². The maximum Gasteiger partial charge on any atom is 0.500 e. The molecule has 0 atom stereocenters. The predicted octanol–water partition coefficient (Wildman–Crippen LogP) is 7.94. The zero-order valence-electron chi connectivity index (χ0n) is 28.8. The Morgan fingerprint density at radius 2 is 0.955 bits per heavy atom. The van der Waals surface area contributed by atoms with Gasteiger partial charge in [-0.1, -0.05) is 82.2 Å². The summed E-state index contributed by atoms with van der Waals surface area (Å²) in [6.45, 7) is 15.6. The van der Waals surface area contributed by atoms with Gasteiger partial charge in [0.2, 0.25) is 0 Å². The molecule has 0 fully saturated rings. The molecule has 0 aliphatic carbocycles. The van der Waals surface area contributed by atoms with Gasteiger partial charge >= 0.3 is 20.7 Å². The van der Waals surface area contributed by atoms with Crippen molar-refractivity contribution >= 4 is 30.5 Å². The van der Waals surface area contributed by atoms with Crippen LogP contribution in [0.1, 0.15) is 137 Å². The number of hydrogen-bond acceptors (Lipinski definition) is 8. The highest BCUT2D eigenvalue weighted by Gasteiger charge is 2.39. The Bertz CT molecular complexity index is 715. The fraction of sp³-hybridized carbons (Fsp3) is 0.824. The van der Waals surface area contributed by atoms with Crippen molar-refractivity contribution < 1.29 is 36.8 Å². The van der Waals surface area contributed by atoms with Crippen LogP contribution >= 0.6 is 0 Å². The van der Waals surface area contributed by atoms with Gasteiger partial charge in [0.1, 0.15) is 0 Å². The summed E-state index contributed by atoms with van der Waals surface area (Å²) in [6, 6.07) is 0.896. The third-order valence-electron chi connectivity index (χ3n) is 7.25. The first-order valence-corrected chi connectivity index (χ1v) is 20.8. The molecular weight excluding hydrogens is 593 g/mol. The Labute approximate surface area is 273 Å². The molecule has 0 saturated carbocycles. The van der Waals surface area contributed by atoms with E-state index in [1.807, 2.05) is 27.7 Å². The van der Waals surface area contributed by atoms with Crippen molar-refractivity contribution in [3.63, 3.8) is 0 Å². The molecule has 8 nitrogen and oxygen atoms in total. The summed E-state index contributed by atoms with van der Waals surface area (Å²) in [6.07, 6.45) is 21.5. The molecule has 0 aromatic rings. The highest BCUT2D eigenvalue weighted by Crippen LogP contribution is 2.21. The molecule has 0 spiro atoms. The highest BCUT2D eigenvalue weighted by atomic mass is 28.4. The summed E-state index contributed by atoms with van der Waals surface area (Å²) in [4.78, 5) is 23.7. The second kappa shape index (κ2) is 31.7. The van der Waals surface area contributed by atoms with Crippen molar-refractivity contribution in [3.8, 4) is 0 Å². The largest absolute Gasteiger partial charge is 0.500 e. The molecule has 0 amide bonds. The van der Waals surface area contributed by atoms with Crippen molar-refractivity contribution in [1.29, 1.82) is 0 Å². The van der Waals surface area contributed by atoms with Crippen LogP contribution in [0, 0.1) is 0 Å². The first-order chi connectivity index (χ1) is 21.4. The monoisotopic (exact) mass is 658 g/mol. The summed E-state index contributed by atoms with van der Waals surface area (Å²) < 4.78 is 33.7. The Balaban J connectivity index is 3.60. The van der Waals surface area contributed by atoms with Crippen molar-refractivity contribution in [3.05, 3.63) is 23.9 Å². The molecule has 0 aromatic heterocycles. The first-order valence-electron chi connectivity index (χ1n) is 17.6. The van der Waals surface area contributed by atoms with Gasteiger partial charge in [-0.3, -0.25) is 0 Å². The predicted molar refractivity (Wildman–Crippen MR) is 184 cm³/mol. The highest BCUT2D eigenvalue weighted by molar-refractivity contribution is 6.60. The van der Waals surface area contributed by atoms with E-state index in [1.165, 1.54) is 63.0 Å². The molecule has 0 heterocycles. The summed E-state index contributed by atoms with van der Waals surface area (Å²) in [7, 11) is -3.02. The lowest BCUT2D eigenvalue weighted by atomic mass is 10.1. The van der Waals surface area contributed by atoms with E-state index in [2.05, 4.69) is 6.58 Å². The number of carbonyl (C=O) groups is 2. The Morgan fingerprint density at radius 3 is 1.36 bits per heavy atom. The summed E-state index contributed by atoms with van der Waals surface area (Å²) in [5, 5.41) is 1.32. The Morgan fingerprint density at radius 1 is 0.568 bits per heavy atom. The van der Waals surface area contributed by atoms with Crippen LogP contribution in [0.5, 0.6) is 0 Å². The smallest absolute Gasteiger partial charge is 0.463 e. The molecule has 0 bridgehead atoms. The topological polar surface area (TPSA) is 89.5 Å². The quantitative estimate of drug-likeness (QED) is 0.0304. The van der Waals surface area contributed by atoms with Crippen molar-refractivity contribution in [2.45, 2.75) is 143 Å². The van der Waals surface area contributed by atoms with E-state index in [1.54, 1.807) is 0 Å². The second-order valence-electron chi connectivity index (χ2n) is 11.2. The number of unbranched alkanes of at least 4 members (excludes halogenated alkanes) is 14. The van der Waals surface area contributed by atoms with Crippen LogP contribution in [0.3, 0.4) is 0 Å². The number of carbonyl (C=O) groups excluding carboxylic acids is 2. The zero-order valence-corrected chi connectivity index (χ0v) is 31.2. The third kappa shape index (κ3) is 27.0. The van der Waals surface area contributed by atoms with Gasteiger partial charge in [0, 0.05) is 44.6 Å². The minimum atomic E-state index is -2.49. The van der Waals surface area contributed by atoms with Crippen molar-refractivity contribution in [2.24, 2.45) is 0 Å². The van der Waals surface area contributed by atoms with Gasteiger partial charge in [0.25, 0.3) is 0 Å². The molecule has 44 heavy (non-hydrogen) atoms. The van der Waals surface area contributed by atoms with Gasteiger partial charge in [0.05, 0.1) is 13.2 Å². The number of allylic oxidation sites excluding steroid dienone is 1. The normalized spacial score (nSPS) is 12.0. The van der Waals surface area contributed by atoms with E-state index < -0.39 is 30.5 Å². The van der Waals surface area contributed by atoms with Crippen LogP contribution in [0.4, 0.5) is 0 Å². The lowest BCUT2D eigenvalue weighted by molar-refractivity contribution is -0.140. The first kappa shape index (κ1) is 42.7. The van der Waals surface area contributed by atoms with E-state index in [0.29, 0.717) is 33.0 Å². The van der Waals surface area contributed by atoms with Gasteiger partial charge in [0.15, 0.2) is 9.76 Å². The molecule has 258 valence electrons. The standard InChI is InChI=1S/C34H66O8Si2/c1-6-39-43-32(5)26-22-18-14-13-16-20-24-30-38-34(36)28-27-33(35)37-29-23-19-15-11-10-12-17-21-25-31-44(40-7-2,41-8-3)42-9-4/h27-28H,5-26,29-31,43H2,1-4H3. The molecule has 0 saturated heterocycles. The fourth-order valence-corrected chi connectivity index (χ4v) is 8.51. The molecule has 0 aromatic carbocycles. The van der Waals surface area contributed by atoms with E-state index in [0.717, 1.165) is 76.2 Å². The van der Waals surface area contributed by atoms with Gasteiger partial charge in [-0.15, -0.1) is 6.58 Å². The molecule has 0 aliphatic rings. The molecule has 0 aliphatic heterocycles. The van der Waals surface area contributed by atoms with Gasteiger partial charge in [-0.05, 0) is 59.8 Å². The molecule has 0 radical (unpaired) electrons. The van der Waals surface area contributed by atoms with Gasteiger partial charge in [-0.2, -0.15) is 0 Å². The van der Waals surface area contributed by atoms with Crippen molar-refractivity contribution in [1.82, 2.24) is 0 Å². The van der Waals surface area contributed by atoms with E-state index in [4.69, 9.17) is 27.2 Å². The summed E-state index contributed by atoms with van der Waals surface area (Å²) in [5.74, 6) is -0.979. The maximum absolute atomic E-state index is 11.8. The number of ether oxygens (including phenoxy) is 2. The third-order valence-corrected chi connectivity index (χ3v) is 11.8. The van der Waals surface area contributed by atoms with Crippen molar-refractivity contribution in [2.75, 3.05) is 39.6 Å². The molecular formula is C34H66O8Si2. The fourth-order valence-electron chi connectivity index (χ4n) is 4.94. The maximum atomic E-state index is 11.8. The summed E-state index contributed by atoms with van der Waals surface area (Å²) >= 11 is 0. The molecule has 0 unspecified atom stereocenters.